The Kier molecular flexibility index (Phi) is 7.49. The molecule has 0 spiro atoms. The Morgan fingerprint density at radius 3 is 2.28 bits per heavy atom. The van der Waals surface area contributed by atoms with E-state index in [0.29, 0.717) is 30.0 Å². The van der Waals surface area contributed by atoms with Crippen LogP contribution in [0.15, 0.2) is 48.5 Å². The number of hydrogen-bond donors (Lipinski definition) is 2. The average molecular weight is 415 g/mol. The van der Waals surface area contributed by atoms with Crippen molar-refractivity contribution < 1.29 is 9.59 Å². The summed E-state index contributed by atoms with van der Waals surface area (Å²) < 4.78 is 0. The van der Waals surface area contributed by atoms with E-state index in [0.717, 1.165) is 31.9 Å². The van der Waals surface area contributed by atoms with Crippen LogP contribution in [0.3, 0.4) is 0 Å². The van der Waals surface area contributed by atoms with Gasteiger partial charge in [0.15, 0.2) is 0 Å². The van der Waals surface area contributed by atoms with Gasteiger partial charge in [0, 0.05) is 61.1 Å². The van der Waals surface area contributed by atoms with E-state index in [1.165, 1.54) is 5.69 Å². The van der Waals surface area contributed by atoms with Crippen LogP contribution < -0.4 is 15.5 Å². The number of rotatable bonds is 7. The molecule has 0 bridgehead atoms. The van der Waals surface area contributed by atoms with Crippen molar-refractivity contribution in [2.75, 3.05) is 50.0 Å². The molecule has 0 saturated carbocycles. The lowest BCUT2D eigenvalue weighted by Crippen LogP contribution is -2.44. The van der Waals surface area contributed by atoms with Crippen LogP contribution in [0.5, 0.6) is 0 Å². The standard InChI is InChI=1S/C22H27ClN4O2/c1-26-13-15-27(16-14-26)20-10-8-19(9-11-20)25-21(28)3-2-12-24-22(29)17-4-6-18(23)7-5-17/h4-11H,2-3,12-16H2,1H3,(H,24,29)(H,25,28). The maximum atomic E-state index is 12.1. The highest BCUT2D eigenvalue weighted by atomic mass is 35.5. The molecule has 2 aromatic rings. The van der Waals surface area contributed by atoms with E-state index >= 15 is 0 Å². The van der Waals surface area contributed by atoms with Gasteiger partial charge in [0.25, 0.3) is 5.91 Å². The molecule has 0 radical (unpaired) electrons. The molecule has 2 amide bonds. The fourth-order valence-corrected chi connectivity index (χ4v) is 3.32. The minimum Gasteiger partial charge on any atom is -0.369 e. The molecule has 1 heterocycles. The van der Waals surface area contributed by atoms with Gasteiger partial charge in [-0.15, -0.1) is 0 Å². The molecule has 29 heavy (non-hydrogen) atoms. The smallest absolute Gasteiger partial charge is 0.251 e. The van der Waals surface area contributed by atoms with Crippen molar-refractivity contribution in [3.63, 3.8) is 0 Å². The van der Waals surface area contributed by atoms with Crippen molar-refractivity contribution in [3.05, 3.63) is 59.1 Å². The van der Waals surface area contributed by atoms with Gasteiger partial charge in [-0.1, -0.05) is 11.6 Å². The highest BCUT2D eigenvalue weighted by molar-refractivity contribution is 6.30. The lowest BCUT2D eigenvalue weighted by atomic mass is 10.2. The zero-order chi connectivity index (χ0) is 20.6. The van der Waals surface area contributed by atoms with Gasteiger partial charge >= 0.3 is 0 Å². The first-order valence-electron chi connectivity index (χ1n) is 9.88. The number of amides is 2. The third-order valence-electron chi connectivity index (χ3n) is 4.99. The zero-order valence-corrected chi connectivity index (χ0v) is 17.4. The number of hydrogen-bond acceptors (Lipinski definition) is 4. The first-order chi connectivity index (χ1) is 14.0. The lowest BCUT2D eigenvalue weighted by molar-refractivity contribution is -0.116. The molecular weight excluding hydrogens is 388 g/mol. The molecule has 1 aliphatic heterocycles. The Balaban J connectivity index is 1.37. The van der Waals surface area contributed by atoms with Crippen LogP contribution >= 0.6 is 11.6 Å². The van der Waals surface area contributed by atoms with Crippen molar-refractivity contribution in [2.24, 2.45) is 0 Å². The number of carbonyl (C=O) groups is 2. The second-order valence-electron chi connectivity index (χ2n) is 7.25. The number of piperazine rings is 1. The van der Waals surface area contributed by atoms with Crippen molar-refractivity contribution in [3.8, 4) is 0 Å². The molecular formula is C22H27ClN4O2. The van der Waals surface area contributed by atoms with Gasteiger partial charge in [-0.2, -0.15) is 0 Å². The van der Waals surface area contributed by atoms with E-state index in [4.69, 9.17) is 11.6 Å². The Morgan fingerprint density at radius 2 is 1.62 bits per heavy atom. The summed E-state index contributed by atoms with van der Waals surface area (Å²) in [7, 11) is 2.14. The number of anilines is 2. The number of nitrogens with one attached hydrogen (secondary N) is 2. The Hall–Kier alpha value is -2.57. The van der Waals surface area contributed by atoms with E-state index in [9.17, 15) is 9.59 Å². The summed E-state index contributed by atoms with van der Waals surface area (Å²) in [6.45, 7) is 4.60. The SMILES string of the molecule is CN1CCN(c2ccc(NC(=O)CCCNC(=O)c3ccc(Cl)cc3)cc2)CC1. The summed E-state index contributed by atoms with van der Waals surface area (Å²) in [5, 5.41) is 6.32. The minimum atomic E-state index is -0.165. The zero-order valence-electron chi connectivity index (χ0n) is 16.7. The van der Waals surface area contributed by atoms with E-state index < -0.39 is 0 Å². The molecule has 1 aliphatic rings. The normalized spacial score (nSPS) is 14.5. The fraction of sp³-hybridized carbons (Fsp3) is 0.364. The van der Waals surface area contributed by atoms with Gasteiger partial charge in [-0.3, -0.25) is 9.59 Å². The summed E-state index contributed by atoms with van der Waals surface area (Å²) in [5.74, 6) is -0.223. The molecule has 0 unspecified atom stereocenters. The lowest BCUT2D eigenvalue weighted by Gasteiger charge is -2.34. The maximum absolute atomic E-state index is 12.1. The third-order valence-corrected chi connectivity index (χ3v) is 5.24. The fourth-order valence-electron chi connectivity index (χ4n) is 3.20. The second-order valence-corrected chi connectivity index (χ2v) is 7.69. The van der Waals surface area contributed by atoms with E-state index in [1.807, 2.05) is 24.3 Å². The van der Waals surface area contributed by atoms with Gasteiger partial charge in [-0.05, 0) is 62.0 Å². The molecule has 0 atom stereocenters. The summed E-state index contributed by atoms with van der Waals surface area (Å²) in [6, 6.07) is 14.7. The highest BCUT2D eigenvalue weighted by Gasteiger charge is 2.14. The molecule has 3 rings (SSSR count). The largest absolute Gasteiger partial charge is 0.369 e. The second kappa shape index (κ2) is 10.3. The number of halogens is 1. The van der Waals surface area contributed by atoms with Gasteiger partial charge in [0.1, 0.15) is 0 Å². The van der Waals surface area contributed by atoms with Crippen LogP contribution in [0.4, 0.5) is 11.4 Å². The van der Waals surface area contributed by atoms with E-state index in [-0.39, 0.29) is 11.8 Å². The average Bonchev–Trinajstić information content (AvgIpc) is 2.73. The molecule has 154 valence electrons. The van der Waals surface area contributed by atoms with E-state index in [1.54, 1.807) is 24.3 Å². The number of nitrogens with zero attached hydrogens (tertiary/aromatic N) is 2. The monoisotopic (exact) mass is 414 g/mol. The van der Waals surface area contributed by atoms with E-state index in [2.05, 4.69) is 27.5 Å². The third kappa shape index (κ3) is 6.48. The van der Waals surface area contributed by atoms with Crippen molar-refractivity contribution in [1.29, 1.82) is 0 Å². The first kappa shape index (κ1) is 21.1. The molecule has 2 N–H and O–H groups in total. The van der Waals surface area contributed by atoms with Crippen molar-refractivity contribution >= 4 is 34.8 Å². The summed E-state index contributed by atoms with van der Waals surface area (Å²) in [5.41, 5.74) is 2.53. The quantitative estimate of drug-likeness (QED) is 0.683. The van der Waals surface area contributed by atoms with Crippen LogP contribution in [0.1, 0.15) is 23.2 Å². The van der Waals surface area contributed by atoms with Crippen LogP contribution in [-0.4, -0.2) is 56.5 Å². The highest BCUT2D eigenvalue weighted by Crippen LogP contribution is 2.19. The number of likely N-dealkylation sites (N-methyl/N-ethyl adjacent to an activating group) is 1. The van der Waals surface area contributed by atoms with Crippen molar-refractivity contribution in [1.82, 2.24) is 10.2 Å². The Bertz CT molecular complexity index is 816. The van der Waals surface area contributed by atoms with Gasteiger partial charge in [0.05, 0.1) is 0 Å². The Labute approximate surface area is 176 Å². The molecule has 7 heteroatoms. The maximum Gasteiger partial charge on any atom is 0.251 e. The first-order valence-corrected chi connectivity index (χ1v) is 10.3. The van der Waals surface area contributed by atoms with Crippen molar-refractivity contribution in [2.45, 2.75) is 12.8 Å². The number of benzene rings is 2. The molecule has 2 aromatic carbocycles. The van der Waals surface area contributed by atoms with Gasteiger partial charge in [-0.25, -0.2) is 0 Å². The predicted octanol–water partition coefficient (Wildman–Crippen LogP) is 3.24. The van der Waals surface area contributed by atoms with Crippen LogP contribution in [0.2, 0.25) is 5.02 Å². The minimum absolute atomic E-state index is 0.0573. The Morgan fingerprint density at radius 1 is 0.966 bits per heavy atom. The van der Waals surface area contributed by atoms with Crippen LogP contribution in [0, 0.1) is 0 Å². The summed E-state index contributed by atoms with van der Waals surface area (Å²) in [6.07, 6.45) is 0.922. The molecule has 1 fully saturated rings. The van der Waals surface area contributed by atoms with Gasteiger partial charge in [0.2, 0.25) is 5.91 Å². The summed E-state index contributed by atoms with van der Waals surface area (Å²) in [4.78, 5) is 28.8. The van der Waals surface area contributed by atoms with Gasteiger partial charge < -0.3 is 20.4 Å². The summed E-state index contributed by atoms with van der Waals surface area (Å²) >= 11 is 5.82. The topological polar surface area (TPSA) is 64.7 Å². The number of carbonyl (C=O) groups excluding carboxylic acids is 2. The molecule has 1 saturated heterocycles. The molecule has 6 nitrogen and oxygen atoms in total. The van der Waals surface area contributed by atoms with Crippen LogP contribution in [-0.2, 0) is 4.79 Å². The predicted molar refractivity (Wildman–Crippen MR) is 118 cm³/mol. The van der Waals surface area contributed by atoms with Crippen LogP contribution in [0.25, 0.3) is 0 Å². The molecule has 0 aliphatic carbocycles. The molecule has 0 aromatic heterocycles.